The van der Waals surface area contributed by atoms with Gasteiger partial charge in [0.05, 0.1) is 6.07 Å². The zero-order chi connectivity index (χ0) is 11.2. The number of unbranched alkanes of at least 4 members (excludes halogenated alkanes) is 6. The number of nitrogens with zero attached hydrogens (tertiary/aromatic N) is 1. The molecule has 0 fully saturated rings. The predicted molar refractivity (Wildman–Crippen MR) is 66.5 cm³/mol. The van der Waals surface area contributed by atoms with E-state index in [1.54, 1.807) is 6.08 Å². The Morgan fingerprint density at radius 3 is 2.20 bits per heavy atom. The van der Waals surface area contributed by atoms with Gasteiger partial charge in [-0.1, -0.05) is 44.4 Å². The summed E-state index contributed by atoms with van der Waals surface area (Å²) in [4.78, 5) is 0. The lowest BCUT2D eigenvalue weighted by Gasteiger charge is -1.94. The number of allylic oxidation sites excluding steroid dienone is 4. The molecule has 0 bridgehead atoms. The van der Waals surface area contributed by atoms with E-state index in [2.05, 4.69) is 19.1 Å². The van der Waals surface area contributed by atoms with E-state index in [1.807, 2.05) is 12.1 Å². The molecule has 0 aromatic carbocycles. The van der Waals surface area contributed by atoms with E-state index in [9.17, 15) is 0 Å². The maximum absolute atomic E-state index is 8.26. The molecule has 0 radical (unpaired) electrons. The normalized spacial score (nSPS) is 11.2. The van der Waals surface area contributed by atoms with Crippen molar-refractivity contribution >= 4 is 0 Å². The minimum absolute atomic E-state index is 1.02. The van der Waals surface area contributed by atoms with E-state index in [0.717, 1.165) is 19.3 Å². The van der Waals surface area contributed by atoms with Gasteiger partial charge in [-0.05, 0) is 32.1 Å². The summed E-state index contributed by atoms with van der Waals surface area (Å²) in [5.41, 5.74) is 0. The molecule has 84 valence electrons. The van der Waals surface area contributed by atoms with E-state index >= 15 is 0 Å². The van der Waals surface area contributed by atoms with Crippen molar-refractivity contribution in [3.8, 4) is 6.07 Å². The molecule has 1 nitrogen and oxygen atoms in total. The molecule has 0 saturated heterocycles. The Morgan fingerprint density at radius 1 is 0.867 bits per heavy atom. The number of nitriles is 1. The van der Waals surface area contributed by atoms with Gasteiger partial charge in [-0.2, -0.15) is 5.26 Å². The van der Waals surface area contributed by atoms with Crippen LogP contribution in [0.4, 0.5) is 0 Å². The molecule has 15 heavy (non-hydrogen) atoms. The van der Waals surface area contributed by atoms with Crippen LogP contribution in [0.15, 0.2) is 24.3 Å². The Balaban J connectivity index is 3.11. The van der Waals surface area contributed by atoms with Gasteiger partial charge >= 0.3 is 0 Å². The summed E-state index contributed by atoms with van der Waals surface area (Å²) >= 11 is 0. The number of hydrogen-bond donors (Lipinski definition) is 0. The van der Waals surface area contributed by atoms with Crippen molar-refractivity contribution in [2.24, 2.45) is 0 Å². The van der Waals surface area contributed by atoms with Crippen LogP contribution in [0.2, 0.25) is 0 Å². The molecule has 0 aliphatic heterocycles. The van der Waals surface area contributed by atoms with Crippen LogP contribution in [0.3, 0.4) is 0 Å². The van der Waals surface area contributed by atoms with Crippen LogP contribution in [0, 0.1) is 11.3 Å². The summed E-state index contributed by atoms with van der Waals surface area (Å²) < 4.78 is 0. The molecule has 0 aliphatic rings. The van der Waals surface area contributed by atoms with E-state index in [1.165, 1.54) is 32.1 Å². The van der Waals surface area contributed by atoms with Crippen molar-refractivity contribution in [3.05, 3.63) is 24.3 Å². The van der Waals surface area contributed by atoms with Gasteiger partial charge in [0.25, 0.3) is 0 Å². The van der Waals surface area contributed by atoms with Crippen LogP contribution in [-0.2, 0) is 0 Å². The molecule has 1 heteroatoms. The Labute approximate surface area is 94.5 Å². The zero-order valence-corrected chi connectivity index (χ0v) is 9.91. The van der Waals surface area contributed by atoms with Gasteiger partial charge in [0, 0.05) is 6.08 Å². The lowest BCUT2D eigenvalue weighted by Crippen LogP contribution is -1.74. The lowest BCUT2D eigenvalue weighted by atomic mass is 10.1. The predicted octanol–water partition coefficient (Wildman–Crippen LogP) is 4.76. The summed E-state index contributed by atoms with van der Waals surface area (Å²) in [7, 11) is 0. The topological polar surface area (TPSA) is 23.8 Å². The van der Waals surface area contributed by atoms with Gasteiger partial charge in [0.1, 0.15) is 0 Å². The monoisotopic (exact) mass is 205 g/mol. The first kappa shape index (κ1) is 14.0. The van der Waals surface area contributed by atoms with Gasteiger partial charge in [0.15, 0.2) is 0 Å². The second-order valence-electron chi connectivity index (χ2n) is 3.78. The van der Waals surface area contributed by atoms with Crippen molar-refractivity contribution < 1.29 is 0 Å². The van der Waals surface area contributed by atoms with Crippen LogP contribution >= 0.6 is 0 Å². The van der Waals surface area contributed by atoms with Crippen LogP contribution in [0.25, 0.3) is 0 Å². The molecule has 0 spiro atoms. The number of hydrogen-bond acceptors (Lipinski definition) is 1. The molecule has 0 atom stereocenters. The fraction of sp³-hybridized carbons (Fsp3) is 0.643. The van der Waals surface area contributed by atoms with Crippen LogP contribution < -0.4 is 0 Å². The Hall–Kier alpha value is -1.03. The standard InChI is InChI=1S/C14H23N/c1-2-3-4-5-6-7-8-9-10-11-12-13-14-15/h7-8,12-13H,2-6,9-11H2,1H3. The molecule has 0 saturated carbocycles. The van der Waals surface area contributed by atoms with Gasteiger partial charge in [-0.25, -0.2) is 0 Å². The van der Waals surface area contributed by atoms with E-state index in [4.69, 9.17) is 5.26 Å². The van der Waals surface area contributed by atoms with Gasteiger partial charge in [-0.3, -0.25) is 0 Å². The average Bonchev–Trinajstić information content (AvgIpc) is 2.26. The molecule has 0 aromatic rings. The van der Waals surface area contributed by atoms with Crippen LogP contribution in [-0.4, -0.2) is 0 Å². The molecule has 0 N–H and O–H groups in total. The molecule has 0 aromatic heterocycles. The fourth-order valence-electron chi connectivity index (χ4n) is 1.41. The SMILES string of the molecule is CCCCCCC=CCCCC=CC#N. The highest BCUT2D eigenvalue weighted by Gasteiger charge is 1.84. The lowest BCUT2D eigenvalue weighted by molar-refractivity contribution is 0.673. The third kappa shape index (κ3) is 13.0. The molecule has 0 heterocycles. The smallest absolute Gasteiger partial charge is 0.0908 e. The van der Waals surface area contributed by atoms with Crippen LogP contribution in [0.1, 0.15) is 58.3 Å². The maximum Gasteiger partial charge on any atom is 0.0908 e. The zero-order valence-electron chi connectivity index (χ0n) is 9.91. The van der Waals surface area contributed by atoms with E-state index in [0.29, 0.717) is 0 Å². The molecular weight excluding hydrogens is 182 g/mol. The highest BCUT2D eigenvalue weighted by molar-refractivity contribution is 5.01. The molecule has 0 amide bonds. The third-order valence-electron chi connectivity index (χ3n) is 2.32. The molecule has 0 rings (SSSR count). The summed E-state index contributed by atoms with van der Waals surface area (Å²) in [6, 6.07) is 2.00. The molecular formula is C14H23N. The van der Waals surface area contributed by atoms with Crippen LogP contribution in [0.5, 0.6) is 0 Å². The second-order valence-corrected chi connectivity index (χ2v) is 3.78. The minimum atomic E-state index is 1.02. The summed E-state index contributed by atoms with van der Waals surface area (Å²) in [5, 5.41) is 8.26. The van der Waals surface area contributed by atoms with Gasteiger partial charge in [-0.15, -0.1) is 0 Å². The summed E-state index contributed by atoms with van der Waals surface area (Å²) in [6.07, 6.45) is 18.0. The average molecular weight is 205 g/mol. The van der Waals surface area contributed by atoms with Crippen molar-refractivity contribution in [1.82, 2.24) is 0 Å². The summed E-state index contributed by atoms with van der Waals surface area (Å²) in [6.45, 7) is 2.24. The highest BCUT2D eigenvalue weighted by atomic mass is 14.2. The van der Waals surface area contributed by atoms with Crippen molar-refractivity contribution in [3.63, 3.8) is 0 Å². The highest BCUT2D eigenvalue weighted by Crippen LogP contribution is 2.04. The van der Waals surface area contributed by atoms with Crippen molar-refractivity contribution in [2.75, 3.05) is 0 Å². The second kappa shape index (κ2) is 13.0. The third-order valence-corrected chi connectivity index (χ3v) is 2.32. The Morgan fingerprint density at radius 2 is 1.53 bits per heavy atom. The molecule has 0 unspecified atom stereocenters. The first-order chi connectivity index (χ1) is 7.41. The van der Waals surface area contributed by atoms with Gasteiger partial charge < -0.3 is 0 Å². The van der Waals surface area contributed by atoms with Gasteiger partial charge in [0.2, 0.25) is 0 Å². The Bertz CT molecular complexity index is 208. The van der Waals surface area contributed by atoms with Crippen molar-refractivity contribution in [1.29, 1.82) is 5.26 Å². The first-order valence-electron chi connectivity index (χ1n) is 6.11. The minimum Gasteiger partial charge on any atom is -0.193 e. The number of rotatable bonds is 9. The quantitative estimate of drug-likeness (QED) is 0.302. The summed E-state index contributed by atoms with van der Waals surface area (Å²) in [5.74, 6) is 0. The molecule has 0 aliphatic carbocycles. The fourth-order valence-corrected chi connectivity index (χ4v) is 1.41. The largest absolute Gasteiger partial charge is 0.193 e. The van der Waals surface area contributed by atoms with E-state index < -0.39 is 0 Å². The van der Waals surface area contributed by atoms with Crippen molar-refractivity contribution in [2.45, 2.75) is 58.3 Å². The first-order valence-corrected chi connectivity index (χ1v) is 6.11. The maximum atomic E-state index is 8.26. The van der Waals surface area contributed by atoms with E-state index in [-0.39, 0.29) is 0 Å². The Kier molecular flexibility index (Phi) is 12.1.